The highest BCUT2D eigenvalue weighted by Crippen LogP contribution is 2.24. The molecule has 2 nitrogen and oxygen atoms in total. The van der Waals surface area contributed by atoms with Crippen LogP contribution in [0.3, 0.4) is 0 Å². The predicted octanol–water partition coefficient (Wildman–Crippen LogP) is 3.67. The Labute approximate surface area is 103 Å². The van der Waals surface area contributed by atoms with Gasteiger partial charge in [-0.3, -0.25) is 0 Å². The number of esters is 1. The van der Waals surface area contributed by atoms with Crippen molar-refractivity contribution < 1.29 is 9.53 Å². The van der Waals surface area contributed by atoms with Crippen LogP contribution in [0, 0.1) is 0 Å². The molecule has 1 aromatic rings. The van der Waals surface area contributed by atoms with Gasteiger partial charge in [-0.25, -0.2) is 4.79 Å². The molecule has 84 valence electrons. The van der Waals surface area contributed by atoms with Crippen molar-refractivity contribution in [2.75, 3.05) is 0 Å². The number of allylic oxidation sites excluding steroid dienone is 1. The van der Waals surface area contributed by atoms with E-state index in [4.69, 9.17) is 4.74 Å². The van der Waals surface area contributed by atoms with Crippen LogP contribution in [0.15, 0.2) is 40.9 Å². The van der Waals surface area contributed by atoms with Crippen molar-refractivity contribution >= 4 is 21.9 Å². The lowest BCUT2D eigenvalue weighted by Gasteiger charge is -2.20. The molecule has 0 radical (unpaired) electrons. The van der Waals surface area contributed by atoms with Crippen LogP contribution in [0.1, 0.15) is 29.6 Å². The number of carbonyl (C=O) groups excluding carboxylic acids is 1. The fourth-order valence-electron chi connectivity index (χ4n) is 1.68. The Balaban J connectivity index is 1.94. The van der Waals surface area contributed by atoms with Crippen molar-refractivity contribution in [2.24, 2.45) is 0 Å². The molecule has 1 unspecified atom stereocenters. The number of ether oxygens (including phenoxy) is 1. The SMILES string of the molecule is O=C(OC1CC=C(Br)CC1)c1ccccc1. The van der Waals surface area contributed by atoms with Gasteiger partial charge in [0, 0.05) is 6.42 Å². The van der Waals surface area contributed by atoms with E-state index in [0.717, 1.165) is 19.3 Å². The molecule has 0 aromatic heterocycles. The van der Waals surface area contributed by atoms with Gasteiger partial charge in [-0.05, 0) is 29.5 Å². The first-order valence-electron chi connectivity index (χ1n) is 5.36. The lowest BCUT2D eigenvalue weighted by Crippen LogP contribution is -2.19. The number of hydrogen-bond acceptors (Lipinski definition) is 2. The molecule has 0 amide bonds. The Morgan fingerprint density at radius 3 is 2.69 bits per heavy atom. The van der Waals surface area contributed by atoms with Crippen LogP contribution in [0.2, 0.25) is 0 Å². The van der Waals surface area contributed by atoms with Crippen LogP contribution in [-0.4, -0.2) is 12.1 Å². The molecule has 0 heterocycles. The molecule has 16 heavy (non-hydrogen) atoms. The minimum atomic E-state index is -0.225. The van der Waals surface area contributed by atoms with E-state index < -0.39 is 0 Å². The summed E-state index contributed by atoms with van der Waals surface area (Å²) in [6.45, 7) is 0. The van der Waals surface area contributed by atoms with Gasteiger partial charge in [-0.1, -0.05) is 40.2 Å². The molecule has 0 N–H and O–H groups in total. The van der Waals surface area contributed by atoms with Gasteiger partial charge in [0.05, 0.1) is 5.56 Å². The highest BCUT2D eigenvalue weighted by Gasteiger charge is 2.18. The molecule has 0 fully saturated rings. The molecule has 0 bridgehead atoms. The Bertz CT molecular complexity index is 398. The molecular weight excluding hydrogens is 268 g/mol. The molecular formula is C13H13BrO2. The third-order valence-electron chi connectivity index (χ3n) is 2.59. The minimum Gasteiger partial charge on any atom is -0.458 e. The molecule has 1 aliphatic rings. The third-order valence-corrected chi connectivity index (χ3v) is 3.31. The first kappa shape index (κ1) is 11.4. The number of rotatable bonds is 2. The lowest BCUT2D eigenvalue weighted by molar-refractivity contribution is 0.0282. The standard InChI is InChI=1S/C13H13BrO2/c14-11-6-8-12(9-7-11)16-13(15)10-4-2-1-3-5-10/h1-6,12H,7-9H2. The summed E-state index contributed by atoms with van der Waals surface area (Å²) >= 11 is 3.45. The van der Waals surface area contributed by atoms with E-state index in [-0.39, 0.29) is 12.1 Å². The fourth-order valence-corrected chi connectivity index (χ4v) is 2.09. The summed E-state index contributed by atoms with van der Waals surface area (Å²) in [5.41, 5.74) is 0.621. The van der Waals surface area contributed by atoms with Crippen molar-refractivity contribution in [3.05, 3.63) is 46.5 Å². The Morgan fingerprint density at radius 1 is 1.31 bits per heavy atom. The van der Waals surface area contributed by atoms with Gasteiger partial charge >= 0.3 is 5.97 Å². The summed E-state index contributed by atoms with van der Waals surface area (Å²) in [4.78, 5) is 11.7. The maximum absolute atomic E-state index is 11.7. The average molecular weight is 281 g/mol. The molecule has 0 aliphatic heterocycles. The number of hydrogen-bond donors (Lipinski definition) is 0. The van der Waals surface area contributed by atoms with Gasteiger partial charge in [0.1, 0.15) is 6.10 Å². The molecule has 0 saturated heterocycles. The van der Waals surface area contributed by atoms with Crippen molar-refractivity contribution in [2.45, 2.75) is 25.4 Å². The molecule has 3 heteroatoms. The van der Waals surface area contributed by atoms with Crippen LogP contribution in [0.4, 0.5) is 0 Å². The quantitative estimate of drug-likeness (QED) is 0.773. The highest BCUT2D eigenvalue weighted by atomic mass is 79.9. The minimum absolute atomic E-state index is 0.0222. The van der Waals surface area contributed by atoms with Gasteiger partial charge in [-0.15, -0.1) is 0 Å². The number of halogens is 1. The Hall–Kier alpha value is -1.09. The summed E-state index contributed by atoms with van der Waals surface area (Å²) in [5.74, 6) is -0.225. The maximum atomic E-state index is 11.7. The lowest BCUT2D eigenvalue weighted by atomic mass is 10.0. The van der Waals surface area contributed by atoms with E-state index >= 15 is 0 Å². The Kier molecular flexibility index (Phi) is 3.78. The van der Waals surface area contributed by atoms with Gasteiger partial charge in [0.2, 0.25) is 0 Å². The van der Waals surface area contributed by atoms with Crippen LogP contribution in [-0.2, 0) is 4.74 Å². The summed E-state index contributed by atoms with van der Waals surface area (Å²) in [6, 6.07) is 9.12. The maximum Gasteiger partial charge on any atom is 0.338 e. The van der Waals surface area contributed by atoms with Gasteiger partial charge in [0.25, 0.3) is 0 Å². The summed E-state index contributed by atoms with van der Waals surface area (Å²) in [7, 11) is 0. The largest absolute Gasteiger partial charge is 0.458 e. The first-order valence-corrected chi connectivity index (χ1v) is 6.15. The fraction of sp³-hybridized carbons (Fsp3) is 0.308. The summed E-state index contributed by atoms with van der Waals surface area (Å²) in [6.07, 6.45) is 4.75. The number of carbonyl (C=O) groups is 1. The highest BCUT2D eigenvalue weighted by molar-refractivity contribution is 9.11. The average Bonchev–Trinajstić information content (AvgIpc) is 2.33. The molecule has 0 saturated carbocycles. The predicted molar refractivity (Wildman–Crippen MR) is 66.5 cm³/mol. The van der Waals surface area contributed by atoms with Gasteiger partial charge in [-0.2, -0.15) is 0 Å². The Morgan fingerprint density at radius 2 is 2.06 bits per heavy atom. The molecule has 1 atom stereocenters. The van der Waals surface area contributed by atoms with Crippen molar-refractivity contribution in [3.8, 4) is 0 Å². The second kappa shape index (κ2) is 5.30. The molecule has 2 rings (SSSR count). The smallest absolute Gasteiger partial charge is 0.338 e. The van der Waals surface area contributed by atoms with E-state index in [1.807, 2.05) is 18.2 Å². The molecule has 1 aromatic carbocycles. The van der Waals surface area contributed by atoms with Crippen LogP contribution >= 0.6 is 15.9 Å². The monoisotopic (exact) mass is 280 g/mol. The first-order chi connectivity index (χ1) is 7.75. The zero-order chi connectivity index (χ0) is 11.4. The summed E-state index contributed by atoms with van der Waals surface area (Å²) < 4.78 is 6.63. The van der Waals surface area contributed by atoms with E-state index in [2.05, 4.69) is 22.0 Å². The number of benzene rings is 1. The third kappa shape index (κ3) is 2.95. The van der Waals surface area contributed by atoms with E-state index in [1.165, 1.54) is 4.48 Å². The zero-order valence-electron chi connectivity index (χ0n) is 8.86. The molecule has 1 aliphatic carbocycles. The van der Waals surface area contributed by atoms with Gasteiger partial charge < -0.3 is 4.74 Å². The van der Waals surface area contributed by atoms with E-state index in [0.29, 0.717) is 5.56 Å². The normalized spacial score (nSPS) is 20.1. The molecule has 0 spiro atoms. The topological polar surface area (TPSA) is 26.3 Å². The second-order valence-electron chi connectivity index (χ2n) is 3.82. The zero-order valence-corrected chi connectivity index (χ0v) is 10.4. The van der Waals surface area contributed by atoms with Crippen LogP contribution < -0.4 is 0 Å². The van der Waals surface area contributed by atoms with Crippen molar-refractivity contribution in [1.29, 1.82) is 0 Å². The van der Waals surface area contributed by atoms with Crippen LogP contribution in [0.5, 0.6) is 0 Å². The van der Waals surface area contributed by atoms with E-state index in [1.54, 1.807) is 12.1 Å². The summed E-state index contributed by atoms with van der Waals surface area (Å²) in [5, 5.41) is 0. The van der Waals surface area contributed by atoms with Gasteiger partial charge in [0.15, 0.2) is 0 Å². The van der Waals surface area contributed by atoms with Crippen molar-refractivity contribution in [3.63, 3.8) is 0 Å². The van der Waals surface area contributed by atoms with Crippen LogP contribution in [0.25, 0.3) is 0 Å². The van der Waals surface area contributed by atoms with E-state index in [9.17, 15) is 4.79 Å². The van der Waals surface area contributed by atoms with Crippen molar-refractivity contribution in [1.82, 2.24) is 0 Å². The second-order valence-corrected chi connectivity index (χ2v) is 4.84.